The van der Waals surface area contributed by atoms with Crippen molar-refractivity contribution in [2.24, 2.45) is 0 Å². The van der Waals surface area contributed by atoms with Crippen LogP contribution < -0.4 is 0 Å². The summed E-state index contributed by atoms with van der Waals surface area (Å²) in [5.74, 6) is -0.254. The van der Waals surface area contributed by atoms with Gasteiger partial charge >= 0.3 is 0 Å². The van der Waals surface area contributed by atoms with E-state index in [-0.39, 0.29) is 23.6 Å². The van der Waals surface area contributed by atoms with Crippen LogP contribution in [0.2, 0.25) is 0 Å². The summed E-state index contributed by atoms with van der Waals surface area (Å²) in [6.07, 6.45) is -2.39. The van der Waals surface area contributed by atoms with Crippen molar-refractivity contribution in [2.45, 2.75) is 12.8 Å². The van der Waals surface area contributed by atoms with Crippen LogP contribution in [0.4, 0.5) is 8.78 Å². The Hall–Kier alpha value is -0.230. The van der Waals surface area contributed by atoms with Crippen LogP contribution in [0.3, 0.4) is 0 Å². The van der Waals surface area contributed by atoms with Gasteiger partial charge in [-0.3, -0.25) is 4.79 Å². The fraction of sp³-hybridized carbons (Fsp3) is 0.300. The zero-order valence-electron chi connectivity index (χ0n) is 7.64. The molecule has 1 aromatic carbocycles. The molecule has 15 heavy (non-hydrogen) atoms. The molecule has 0 aromatic heterocycles. The molecule has 0 spiro atoms. The minimum absolute atomic E-state index is 0.0622. The fourth-order valence-corrected chi connectivity index (χ4v) is 1.75. The molecule has 0 N–H and O–H groups in total. The van der Waals surface area contributed by atoms with Crippen LogP contribution in [0.25, 0.3) is 0 Å². The van der Waals surface area contributed by atoms with E-state index in [0.29, 0.717) is 5.56 Å². The van der Waals surface area contributed by atoms with E-state index >= 15 is 0 Å². The third-order valence-corrected chi connectivity index (χ3v) is 3.21. The number of Topliss-reactive ketones (excluding diaryl/α,β-unsaturated/α-hetero) is 1. The molecule has 0 aliphatic rings. The van der Waals surface area contributed by atoms with Gasteiger partial charge in [0.05, 0.1) is 5.88 Å². The summed E-state index contributed by atoms with van der Waals surface area (Å²) in [5, 5.41) is 0. The number of hydrogen-bond acceptors (Lipinski definition) is 1. The Kier molecular flexibility index (Phi) is 4.92. The molecule has 0 aliphatic heterocycles. The van der Waals surface area contributed by atoms with E-state index in [9.17, 15) is 13.6 Å². The van der Waals surface area contributed by atoms with Gasteiger partial charge < -0.3 is 0 Å². The smallest absolute Gasteiger partial charge is 0.263 e. The summed E-state index contributed by atoms with van der Waals surface area (Å²) in [5.41, 5.74) is 0.548. The normalized spacial score (nSPS) is 10.7. The Morgan fingerprint density at radius 2 is 2.13 bits per heavy atom. The van der Waals surface area contributed by atoms with Crippen LogP contribution in [0.15, 0.2) is 18.2 Å². The molecule has 82 valence electrons. The molecule has 0 bridgehead atoms. The average Bonchev–Trinajstić information content (AvgIpc) is 2.20. The summed E-state index contributed by atoms with van der Waals surface area (Å²) in [6.45, 7) is 0. The molecule has 1 rings (SSSR count). The van der Waals surface area contributed by atoms with Gasteiger partial charge in [0.2, 0.25) is 0 Å². The molecule has 0 saturated heterocycles. The van der Waals surface area contributed by atoms with Crippen molar-refractivity contribution in [3.63, 3.8) is 0 Å². The van der Waals surface area contributed by atoms with E-state index in [0.717, 1.165) is 3.57 Å². The van der Waals surface area contributed by atoms with E-state index in [1.165, 1.54) is 12.1 Å². The third kappa shape index (κ3) is 3.68. The Labute approximate surface area is 105 Å². The molecule has 0 unspecified atom stereocenters. The lowest BCUT2D eigenvalue weighted by Crippen LogP contribution is -2.05. The lowest BCUT2D eigenvalue weighted by molar-refractivity contribution is -0.116. The Morgan fingerprint density at radius 1 is 1.47 bits per heavy atom. The molecule has 0 fully saturated rings. The quantitative estimate of drug-likeness (QED) is 0.603. The van der Waals surface area contributed by atoms with Crippen molar-refractivity contribution in [1.29, 1.82) is 0 Å². The van der Waals surface area contributed by atoms with Crippen molar-refractivity contribution < 1.29 is 13.6 Å². The van der Waals surface area contributed by atoms with Crippen molar-refractivity contribution in [2.75, 3.05) is 5.88 Å². The standard InChI is InChI=1S/C10H8ClF2IO/c11-5-8(15)4-7-3-6(10(12)13)1-2-9(7)14/h1-3,10H,4-5H2. The van der Waals surface area contributed by atoms with Gasteiger partial charge in [-0.15, -0.1) is 11.6 Å². The highest BCUT2D eigenvalue weighted by Gasteiger charge is 2.11. The predicted molar refractivity (Wildman–Crippen MR) is 63.5 cm³/mol. The van der Waals surface area contributed by atoms with Gasteiger partial charge in [0.1, 0.15) is 0 Å². The van der Waals surface area contributed by atoms with Gasteiger partial charge in [-0.05, 0) is 40.3 Å². The molecule has 0 heterocycles. The minimum Gasteiger partial charge on any atom is -0.298 e. The van der Waals surface area contributed by atoms with Gasteiger partial charge in [0.15, 0.2) is 5.78 Å². The van der Waals surface area contributed by atoms with E-state index < -0.39 is 6.43 Å². The molecule has 1 aromatic rings. The molecule has 0 amide bonds. The van der Waals surface area contributed by atoms with E-state index in [4.69, 9.17) is 11.6 Å². The molecule has 0 aliphatic carbocycles. The number of rotatable bonds is 4. The monoisotopic (exact) mass is 344 g/mol. The first kappa shape index (κ1) is 12.8. The van der Waals surface area contributed by atoms with Crippen LogP contribution in [-0.2, 0) is 11.2 Å². The summed E-state index contributed by atoms with van der Waals surface area (Å²) in [6, 6.07) is 4.30. The minimum atomic E-state index is -2.51. The van der Waals surface area contributed by atoms with Crippen LogP contribution in [0, 0.1) is 3.57 Å². The largest absolute Gasteiger partial charge is 0.298 e. The zero-order chi connectivity index (χ0) is 11.4. The van der Waals surface area contributed by atoms with Gasteiger partial charge in [0, 0.05) is 15.6 Å². The highest BCUT2D eigenvalue weighted by atomic mass is 127. The van der Waals surface area contributed by atoms with Crippen LogP contribution in [0.1, 0.15) is 17.6 Å². The third-order valence-electron chi connectivity index (χ3n) is 1.86. The first-order chi connectivity index (χ1) is 7.04. The van der Waals surface area contributed by atoms with E-state index in [2.05, 4.69) is 0 Å². The number of alkyl halides is 3. The van der Waals surface area contributed by atoms with Crippen LogP contribution in [0.5, 0.6) is 0 Å². The first-order valence-electron chi connectivity index (χ1n) is 4.18. The van der Waals surface area contributed by atoms with Crippen molar-refractivity contribution >= 4 is 40.0 Å². The molecule has 0 atom stereocenters. The summed E-state index contributed by atoms with van der Waals surface area (Å²) < 4.78 is 25.6. The maximum absolute atomic E-state index is 12.4. The van der Waals surface area contributed by atoms with Crippen molar-refractivity contribution in [3.8, 4) is 0 Å². The molecule has 1 nitrogen and oxygen atoms in total. The Bertz CT molecular complexity index is 368. The van der Waals surface area contributed by atoms with E-state index in [1.807, 2.05) is 22.6 Å². The topological polar surface area (TPSA) is 17.1 Å². The molecular formula is C10H8ClF2IO. The summed E-state index contributed by atoms with van der Waals surface area (Å²) in [4.78, 5) is 11.1. The van der Waals surface area contributed by atoms with Crippen molar-refractivity contribution in [1.82, 2.24) is 0 Å². The Morgan fingerprint density at radius 3 is 2.67 bits per heavy atom. The molecule has 5 heteroatoms. The van der Waals surface area contributed by atoms with Crippen molar-refractivity contribution in [3.05, 3.63) is 32.9 Å². The predicted octanol–water partition coefficient (Wildman–Crippen LogP) is 3.58. The number of carbonyl (C=O) groups excluding carboxylic acids is 1. The number of ketones is 1. The van der Waals surface area contributed by atoms with Gasteiger partial charge in [-0.1, -0.05) is 6.07 Å². The van der Waals surface area contributed by atoms with Gasteiger partial charge in [0.25, 0.3) is 6.43 Å². The summed E-state index contributed by atoms with van der Waals surface area (Å²) in [7, 11) is 0. The molecule has 0 saturated carbocycles. The molecular weight excluding hydrogens is 336 g/mol. The maximum atomic E-state index is 12.4. The van der Waals surface area contributed by atoms with Gasteiger partial charge in [-0.2, -0.15) is 0 Å². The van der Waals surface area contributed by atoms with Crippen LogP contribution in [-0.4, -0.2) is 11.7 Å². The number of carbonyl (C=O) groups is 1. The lowest BCUT2D eigenvalue weighted by atomic mass is 10.1. The lowest BCUT2D eigenvalue weighted by Gasteiger charge is -2.06. The highest BCUT2D eigenvalue weighted by Crippen LogP contribution is 2.23. The second-order valence-corrected chi connectivity index (χ2v) is 4.43. The van der Waals surface area contributed by atoms with Crippen LogP contribution >= 0.6 is 34.2 Å². The number of benzene rings is 1. The average molecular weight is 345 g/mol. The molecule has 0 radical (unpaired) electrons. The number of halogens is 4. The zero-order valence-corrected chi connectivity index (χ0v) is 10.6. The second kappa shape index (κ2) is 5.75. The second-order valence-electron chi connectivity index (χ2n) is 3.00. The Balaban J connectivity index is 2.95. The van der Waals surface area contributed by atoms with Gasteiger partial charge in [-0.25, -0.2) is 8.78 Å². The van der Waals surface area contributed by atoms with E-state index in [1.54, 1.807) is 6.07 Å². The fourth-order valence-electron chi connectivity index (χ4n) is 1.13. The SMILES string of the molecule is O=C(CCl)Cc1cc(C(F)F)ccc1I. The first-order valence-corrected chi connectivity index (χ1v) is 5.80. The summed E-state index contributed by atoms with van der Waals surface area (Å²) >= 11 is 7.37. The number of hydrogen-bond donors (Lipinski definition) is 0. The highest BCUT2D eigenvalue weighted by molar-refractivity contribution is 14.1. The maximum Gasteiger partial charge on any atom is 0.263 e.